The lowest BCUT2D eigenvalue weighted by atomic mass is 10.0. The van der Waals surface area contributed by atoms with E-state index >= 15 is 4.39 Å². The van der Waals surface area contributed by atoms with Crippen molar-refractivity contribution >= 4 is 40.7 Å². The van der Waals surface area contributed by atoms with E-state index in [2.05, 4.69) is 10.1 Å². The lowest BCUT2D eigenvalue weighted by Crippen LogP contribution is -2.41. The van der Waals surface area contributed by atoms with Crippen LogP contribution in [0.5, 0.6) is 0 Å². The summed E-state index contributed by atoms with van der Waals surface area (Å²) in [6, 6.07) is 8.19. The van der Waals surface area contributed by atoms with Crippen LogP contribution in [-0.2, 0) is 0 Å². The Hall–Kier alpha value is -3.41. The Kier molecular flexibility index (Phi) is 6.58. The van der Waals surface area contributed by atoms with Crippen molar-refractivity contribution in [2.24, 2.45) is 0 Å². The lowest BCUT2D eigenvalue weighted by Gasteiger charge is -2.23. The third-order valence-corrected chi connectivity index (χ3v) is 5.75. The number of carbonyl (C=O) groups is 1. The molecule has 0 fully saturated rings. The van der Waals surface area contributed by atoms with Crippen LogP contribution in [0, 0.1) is 11.6 Å². The van der Waals surface area contributed by atoms with Gasteiger partial charge in [-0.15, -0.1) is 5.10 Å². The molecule has 0 saturated carbocycles. The molecule has 0 spiro atoms. The highest BCUT2D eigenvalue weighted by Crippen LogP contribution is 2.33. The van der Waals surface area contributed by atoms with E-state index in [9.17, 15) is 23.1 Å². The minimum Gasteiger partial charge on any atom is -0.382 e. The van der Waals surface area contributed by atoms with Gasteiger partial charge in [-0.05, 0) is 47.5 Å². The number of nitrogen functional groups attached to an aromatic ring is 1. The molecule has 13 heteroatoms. The largest absolute Gasteiger partial charge is 0.382 e. The van der Waals surface area contributed by atoms with Crippen LogP contribution in [0.4, 0.5) is 23.5 Å². The summed E-state index contributed by atoms with van der Waals surface area (Å²) < 4.78 is 59.3. The van der Waals surface area contributed by atoms with E-state index in [1.807, 2.05) is 5.32 Å². The van der Waals surface area contributed by atoms with Gasteiger partial charge in [-0.1, -0.05) is 29.3 Å². The van der Waals surface area contributed by atoms with Gasteiger partial charge >= 0.3 is 0 Å². The first-order valence-corrected chi connectivity index (χ1v) is 10.6. The Balaban J connectivity index is 1.57. The van der Waals surface area contributed by atoms with Gasteiger partial charge in [-0.25, -0.2) is 22.1 Å². The third-order valence-electron chi connectivity index (χ3n) is 5.13. The number of nitrogens with zero attached hydrogens (tertiary/aromatic N) is 3. The fourth-order valence-electron chi connectivity index (χ4n) is 3.36. The van der Waals surface area contributed by atoms with E-state index in [4.69, 9.17) is 28.9 Å². The predicted molar refractivity (Wildman–Crippen MR) is 121 cm³/mol. The standard InChI is InChI=1S/C22H15Cl2F4N5O2/c23-13-3-1-11(7-15(13)25)19(34)22(27,28)9-30-20(35)17-14(24)4-2-12(18(17)26)10-5-6-33-16(8-10)31-21(29)32-33/h1-8,19,34H,9H2,(H2,29,32)(H,30,35)/t19-/m1/s1. The number of hydrogen-bond acceptors (Lipinski definition) is 5. The SMILES string of the molecule is Nc1nc2cc(-c3ccc(Cl)c(C(=O)NCC(F)(F)[C@H](O)c4ccc(Cl)c(F)c4)c3F)ccn2n1. The second-order valence-electron chi connectivity index (χ2n) is 7.49. The molecule has 0 aliphatic carbocycles. The number of rotatable bonds is 6. The molecule has 1 atom stereocenters. The lowest BCUT2D eigenvalue weighted by molar-refractivity contribution is -0.106. The summed E-state index contributed by atoms with van der Waals surface area (Å²) in [5.74, 6) is -7.23. The summed E-state index contributed by atoms with van der Waals surface area (Å²) in [5.41, 5.74) is 4.98. The molecule has 0 aliphatic heterocycles. The number of carbonyl (C=O) groups excluding carboxylic acids is 1. The van der Waals surface area contributed by atoms with Gasteiger partial charge in [0.15, 0.2) is 5.65 Å². The van der Waals surface area contributed by atoms with Crippen LogP contribution in [0.2, 0.25) is 10.0 Å². The van der Waals surface area contributed by atoms with Crippen molar-refractivity contribution in [3.63, 3.8) is 0 Å². The van der Waals surface area contributed by atoms with Crippen LogP contribution in [0.25, 0.3) is 16.8 Å². The second kappa shape index (κ2) is 9.33. The number of nitrogens with two attached hydrogens (primary N) is 1. The number of aliphatic hydroxyl groups is 1. The average molecular weight is 528 g/mol. The zero-order chi connectivity index (χ0) is 25.5. The molecule has 0 aliphatic rings. The molecule has 35 heavy (non-hydrogen) atoms. The van der Waals surface area contributed by atoms with Crippen LogP contribution in [-0.4, -0.2) is 38.1 Å². The van der Waals surface area contributed by atoms with E-state index in [0.29, 0.717) is 17.3 Å². The summed E-state index contributed by atoms with van der Waals surface area (Å²) in [7, 11) is 0. The van der Waals surface area contributed by atoms with Crippen molar-refractivity contribution in [2.75, 3.05) is 12.3 Å². The van der Waals surface area contributed by atoms with Crippen molar-refractivity contribution in [2.45, 2.75) is 12.0 Å². The third kappa shape index (κ3) is 4.88. The predicted octanol–water partition coefficient (Wildman–Crippen LogP) is 4.66. The molecule has 0 unspecified atom stereocenters. The number of alkyl halides is 2. The number of aliphatic hydroxyl groups excluding tert-OH is 1. The van der Waals surface area contributed by atoms with Gasteiger partial charge in [0, 0.05) is 11.8 Å². The van der Waals surface area contributed by atoms with Crippen molar-refractivity contribution in [1.82, 2.24) is 19.9 Å². The van der Waals surface area contributed by atoms with Crippen molar-refractivity contribution in [1.29, 1.82) is 0 Å². The molecule has 0 saturated heterocycles. The maximum Gasteiger partial charge on any atom is 0.294 e. The maximum atomic E-state index is 15.3. The van der Waals surface area contributed by atoms with Gasteiger partial charge < -0.3 is 16.2 Å². The maximum absolute atomic E-state index is 15.3. The number of hydrogen-bond donors (Lipinski definition) is 3. The number of nitrogens with one attached hydrogen (secondary N) is 1. The summed E-state index contributed by atoms with van der Waals surface area (Å²) in [6.45, 7) is -1.39. The Morgan fingerprint density at radius 1 is 1.14 bits per heavy atom. The highest BCUT2D eigenvalue weighted by Gasteiger charge is 2.40. The number of amides is 1. The summed E-state index contributed by atoms with van der Waals surface area (Å²) >= 11 is 11.5. The minimum atomic E-state index is -3.94. The molecule has 7 nitrogen and oxygen atoms in total. The topological polar surface area (TPSA) is 106 Å². The van der Waals surface area contributed by atoms with Gasteiger partial charge in [-0.2, -0.15) is 4.98 Å². The quantitative estimate of drug-likeness (QED) is 0.316. The number of anilines is 1. The Labute approximate surface area is 205 Å². The first kappa shape index (κ1) is 24.7. The molecule has 1 amide bonds. The number of aromatic nitrogens is 3. The number of halogens is 6. The summed E-state index contributed by atoms with van der Waals surface area (Å²) in [4.78, 5) is 16.6. The molecule has 2 aromatic carbocycles. The minimum absolute atomic E-state index is 0.00301. The number of benzene rings is 2. The van der Waals surface area contributed by atoms with Crippen LogP contribution in [0.1, 0.15) is 22.0 Å². The van der Waals surface area contributed by atoms with Gasteiger partial charge in [0.2, 0.25) is 5.95 Å². The zero-order valence-corrected chi connectivity index (χ0v) is 19.0. The molecule has 2 heterocycles. The van der Waals surface area contributed by atoms with Crippen LogP contribution >= 0.6 is 23.2 Å². The summed E-state index contributed by atoms with van der Waals surface area (Å²) in [5, 5.41) is 15.2. The van der Waals surface area contributed by atoms with E-state index in [-0.39, 0.29) is 21.6 Å². The van der Waals surface area contributed by atoms with Gasteiger partial charge in [0.1, 0.15) is 17.7 Å². The van der Waals surface area contributed by atoms with Crippen molar-refractivity contribution in [3.8, 4) is 11.1 Å². The molecule has 0 bridgehead atoms. The monoisotopic (exact) mass is 527 g/mol. The van der Waals surface area contributed by atoms with Gasteiger partial charge in [-0.3, -0.25) is 4.79 Å². The summed E-state index contributed by atoms with van der Waals surface area (Å²) in [6.07, 6.45) is -0.993. The fraction of sp³-hybridized carbons (Fsp3) is 0.136. The van der Waals surface area contributed by atoms with E-state index in [1.54, 1.807) is 0 Å². The smallest absolute Gasteiger partial charge is 0.294 e. The van der Waals surface area contributed by atoms with Crippen LogP contribution in [0.15, 0.2) is 48.7 Å². The fourth-order valence-corrected chi connectivity index (χ4v) is 3.71. The van der Waals surface area contributed by atoms with E-state index in [1.165, 1.54) is 35.0 Å². The van der Waals surface area contributed by atoms with E-state index < -0.39 is 47.2 Å². The van der Waals surface area contributed by atoms with Crippen molar-refractivity contribution < 1.29 is 27.5 Å². The molecule has 4 aromatic rings. The molecular weight excluding hydrogens is 513 g/mol. The Morgan fingerprint density at radius 2 is 1.86 bits per heavy atom. The van der Waals surface area contributed by atoms with E-state index in [0.717, 1.165) is 12.1 Å². The average Bonchev–Trinajstić information content (AvgIpc) is 3.18. The van der Waals surface area contributed by atoms with Crippen molar-refractivity contribution in [3.05, 3.63) is 81.5 Å². The Morgan fingerprint density at radius 3 is 2.57 bits per heavy atom. The van der Waals surface area contributed by atoms with Gasteiger partial charge in [0.05, 0.1) is 22.2 Å². The van der Waals surface area contributed by atoms with Crippen LogP contribution in [0.3, 0.4) is 0 Å². The molecule has 182 valence electrons. The highest BCUT2D eigenvalue weighted by molar-refractivity contribution is 6.34. The normalized spacial score (nSPS) is 12.7. The molecular formula is C22H15Cl2F4N5O2. The van der Waals surface area contributed by atoms with Gasteiger partial charge in [0.25, 0.3) is 11.8 Å². The molecule has 0 radical (unpaired) electrons. The molecule has 4 N–H and O–H groups in total. The molecule has 2 aromatic heterocycles. The number of fused-ring (bicyclic) bond motifs is 1. The first-order chi connectivity index (χ1) is 16.5. The highest BCUT2D eigenvalue weighted by atomic mass is 35.5. The second-order valence-corrected chi connectivity index (χ2v) is 8.31. The van der Waals surface area contributed by atoms with Crippen LogP contribution < -0.4 is 11.1 Å². The number of pyridine rings is 1. The first-order valence-electron chi connectivity index (χ1n) is 9.87. The zero-order valence-electron chi connectivity index (χ0n) is 17.4. The molecule has 4 rings (SSSR count). The Bertz CT molecular complexity index is 1450.